The van der Waals surface area contributed by atoms with Gasteiger partial charge in [-0.05, 0) is 94.5 Å². The van der Waals surface area contributed by atoms with Crippen molar-refractivity contribution in [2.45, 2.75) is 91.3 Å². The summed E-state index contributed by atoms with van der Waals surface area (Å²) in [6.07, 6.45) is 9.42. The van der Waals surface area contributed by atoms with Crippen LogP contribution in [0, 0.1) is 28.6 Å². The molecular weight excluding hydrogens is 396 g/mol. The van der Waals surface area contributed by atoms with Gasteiger partial charge in [0.05, 0.1) is 13.2 Å². The lowest BCUT2D eigenvalue weighted by Gasteiger charge is -2.58. The molecule has 0 spiro atoms. The Labute approximate surface area is 186 Å². The van der Waals surface area contributed by atoms with Gasteiger partial charge < -0.3 is 18.9 Å². The molecule has 4 rings (SSSR count). The maximum atomic E-state index is 12.0. The zero-order valence-electron chi connectivity index (χ0n) is 19.5. The maximum absolute atomic E-state index is 12.0. The molecule has 0 unspecified atom stereocenters. The molecule has 3 fully saturated rings. The SMILES string of the molecule is CCOC(=O)O[C@@H]1C=C2CC[C@H]3[C@@H]4CC[C@H](OC(=O)OCC)[C@@]4(C)CC[C@@H]3[C@@]2(C)CC1. The van der Waals surface area contributed by atoms with Crippen LogP contribution in [0.5, 0.6) is 0 Å². The molecule has 0 amide bonds. The summed E-state index contributed by atoms with van der Waals surface area (Å²) < 4.78 is 21.3. The largest absolute Gasteiger partial charge is 0.508 e. The number of hydrogen-bond acceptors (Lipinski definition) is 6. The van der Waals surface area contributed by atoms with E-state index in [0.717, 1.165) is 44.9 Å². The minimum atomic E-state index is -0.561. The molecule has 31 heavy (non-hydrogen) atoms. The predicted octanol–water partition coefficient (Wildman–Crippen LogP) is 6.03. The monoisotopic (exact) mass is 434 g/mol. The van der Waals surface area contributed by atoms with E-state index >= 15 is 0 Å². The highest BCUT2D eigenvalue weighted by Gasteiger charge is 2.60. The fraction of sp³-hybridized carbons (Fsp3) is 0.840. The molecule has 0 aliphatic heterocycles. The van der Waals surface area contributed by atoms with Crippen molar-refractivity contribution in [3.8, 4) is 0 Å². The molecule has 6 nitrogen and oxygen atoms in total. The van der Waals surface area contributed by atoms with Crippen molar-refractivity contribution >= 4 is 12.3 Å². The van der Waals surface area contributed by atoms with Crippen LogP contribution in [0.1, 0.15) is 79.1 Å². The Kier molecular flexibility index (Phi) is 6.28. The normalized spacial score (nSPS) is 41.2. The highest BCUT2D eigenvalue weighted by atomic mass is 16.7. The van der Waals surface area contributed by atoms with Crippen molar-refractivity contribution in [1.29, 1.82) is 0 Å². The summed E-state index contributed by atoms with van der Waals surface area (Å²) in [5.41, 5.74) is 1.70. The van der Waals surface area contributed by atoms with Gasteiger partial charge in [-0.2, -0.15) is 0 Å². The number of hydrogen-bond donors (Lipinski definition) is 0. The molecule has 3 saturated carbocycles. The van der Waals surface area contributed by atoms with Gasteiger partial charge in [0.1, 0.15) is 12.2 Å². The van der Waals surface area contributed by atoms with Crippen molar-refractivity contribution in [2.24, 2.45) is 28.6 Å². The number of fused-ring (bicyclic) bond motifs is 5. The predicted molar refractivity (Wildman–Crippen MR) is 115 cm³/mol. The Morgan fingerprint density at radius 2 is 1.61 bits per heavy atom. The van der Waals surface area contributed by atoms with Crippen LogP contribution in [0.15, 0.2) is 11.6 Å². The van der Waals surface area contributed by atoms with Crippen molar-refractivity contribution in [3.63, 3.8) is 0 Å². The van der Waals surface area contributed by atoms with Crippen molar-refractivity contribution < 1.29 is 28.5 Å². The minimum absolute atomic E-state index is 0.0315. The van der Waals surface area contributed by atoms with Gasteiger partial charge in [0.2, 0.25) is 0 Å². The van der Waals surface area contributed by atoms with Gasteiger partial charge in [-0.15, -0.1) is 0 Å². The average Bonchev–Trinajstić information content (AvgIpc) is 3.05. The fourth-order valence-electron chi connectivity index (χ4n) is 7.48. The molecule has 0 radical (unpaired) electrons. The first-order valence-electron chi connectivity index (χ1n) is 12.2. The zero-order valence-corrected chi connectivity index (χ0v) is 19.5. The smallest absolute Gasteiger partial charge is 0.435 e. The maximum Gasteiger partial charge on any atom is 0.508 e. The summed E-state index contributed by atoms with van der Waals surface area (Å²) in [5, 5.41) is 0. The fourth-order valence-corrected chi connectivity index (χ4v) is 7.48. The van der Waals surface area contributed by atoms with Gasteiger partial charge in [0.15, 0.2) is 0 Å². The highest BCUT2D eigenvalue weighted by Crippen LogP contribution is 2.65. The van der Waals surface area contributed by atoms with E-state index < -0.39 is 12.3 Å². The second kappa shape index (κ2) is 8.67. The van der Waals surface area contributed by atoms with Crippen LogP contribution in [-0.4, -0.2) is 37.7 Å². The Hall–Kier alpha value is -1.72. The van der Waals surface area contributed by atoms with Crippen molar-refractivity contribution in [1.82, 2.24) is 0 Å². The van der Waals surface area contributed by atoms with E-state index in [4.69, 9.17) is 18.9 Å². The third-order valence-electron chi connectivity index (χ3n) is 8.99. The molecule has 0 heterocycles. The summed E-state index contributed by atoms with van der Waals surface area (Å²) in [4.78, 5) is 23.8. The number of ether oxygens (including phenoxy) is 4. The molecule has 7 atom stereocenters. The van der Waals surface area contributed by atoms with Crippen LogP contribution in [0.4, 0.5) is 9.59 Å². The molecule has 0 aromatic rings. The standard InChI is InChI=1S/C25H38O6/c1-5-28-22(26)30-17-11-13-24(3)16(15-17)7-8-18-19-9-10-21(31-23(27)29-6-2)25(19,4)14-12-20(18)24/h15,17-21H,5-14H2,1-4H3/t17-,18-,19-,20-,21-,24-,25-/m0/s1. The van der Waals surface area contributed by atoms with E-state index in [1.165, 1.54) is 12.0 Å². The number of allylic oxidation sites excluding steroid dienone is 1. The first kappa shape index (κ1) is 22.5. The lowest BCUT2D eigenvalue weighted by atomic mass is 9.47. The average molecular weight is 435 g/mol. The molecule has 6 heteroatoms. The molecule has 0 saturated heterocycles. The summed E-state index contributed by atoms with van der Waals surface area (Å²) >= 11 is 0. The van der Waals surface area contributed by atoms with Crippen LogP contribution in [-0.2, 0) is 18.9 Å². The topological polar surface area (TPSA) is 71.1 Å². The van der Waals surface area contributed by atoms with Crippen molar-refractivity contribution in [2.75, 3.05) is 13.2 Å². The van der Waals surface area contributed by atoms with Crippen LogP contribution in [0.2, 0.25) is 0 Å². The Balaban J connectivity index is 1.47. The summed E-state index contributed by atoms with van der Waals surface area (Å²) in [6.45, 7) is 9.06. The van der Waals surface area contributed by atoms with E-state index in [2.05, 4.69) is 19.9 Å². The van der Waals surface area contributed by atoms with E-state index in [1.54, 1.807) is 6.92 Å². The van der Waals surface area contributed by atoms with Gasteiger partial charge in [-0.25, -0.2) is 9.59 Å². The second-order valence-electron chi connectivity index (χ2n) is 10.3. The van der Waals surface area contributed by atoms with Crippen LogP contribution < -0.4 is 0 Å². The third kappa shape index (κ3) is 3.95. The Morgan fingerprint density at radius 3 is 2.32 bits per heavy atom. The quantitative estimate of drug-likeness (QED) is 0.397. The van der Waals surface area contributed by atoms with E-state index in [9.17, 15) is 9.59 Å². The molecule has 0 N–H and O–H groups in total. The second-order valence-corrected chi connectivity index (χ2v) is 10.3. The molecule has 0 bridgehead atoms. The lowest BCUT2D eigenvalue weighted by Crippen LogP contribution is -2.52. The Morgan fingerprint density at radius 1 is 0.903 bits per heavy atom. The first-order chi connectivity index (χ1) is 14.8. The number of carbonyl (C=O) groups excluding carboxylic acids is 2. The van der Waals surface area contributed by atoms with Crippen LogP contribution in [0.3, 0.4) is 0 Å². The van der Waals surface area contributed by atoms with Gasteiger partial charge in [0.25, 0.3) is 0 Å². The third-order valence-corrected chi connectivity index (χ3v) is 8.99. The van der Waals surface area contributed by atoms with Gasteiger partial charge in [-0.1, -0.05) is 19.4 Å². The summed E-state index contributed by atoms with van der Waals surface area (Å²) in [7, 11) is 0. The summed E-state index contributed by atoms with van der Waals surface area (Å²) in [6, 6.07) is 0. The van der Waals surface area contributed by atoms with Gasteiger partial charge >= 0.3 is 12.3 Å². The van der Waals surface area contributed by atoms with Crippen molar-refractivity contribution in [3.05, 3.63) is 11.6 Å². The van der Waals surface area contributed by atoms with Crippen LogP contribution >= 0.6 is 0 Å². The molecule has 4 aliphatic rings. The molecule has 174 valence electrons. The molecule has 0 aromatic carbocycles. The van der Waals surface area contributed by atoms with Crippen LogP contribution in [0.25, 0.3) is 0 Å². The van der Waals surface area contributed by atoms with E-state index in [1.807, 2.05) is 6.92 Å². The Bertz CT molecular complexity index is 732. The summed E-state index contributed by atoms with van der Waals surface area (Å²) in [5.74, 6) is 1.91. The zero-order chi connectivity index (χ0) is 22.2. The lowest BCUT2D eigenvalue weighted by molar-refractivity contribution is -0.0887. The first-order valence-corrected chi connectivity index (χ1v) is 12.2. The van der Waals surface area contributed by atoms with Gasteiger partial charge in [0, 0.05) is 5.41 Å². The van der Waals surface area contributed by atoms with Gasteiger partial charge in [-0.3, -0.25) is 0 Å². The number of carbonyl (C=O) groups is 2. The van der Waals surface area contributed by atoms with E-state index in [-0.39, 0.29) is 23.0 Å². The molecular formula is C25H38O6. The molecule has 4 aliphatic carbocycles. The molecule has 0 aromatic heterocycles. The highest BCUT2D eigenvalue weighted by molar-refractivity contribution is 5.60. The van der Waals surface area contributed by atoms with E-state index in [0.29, 0.717) is 31.0 Å². The number of rotatable bonds is 4. The minimum Gasteiger partial charge on any atom is -0.435 e.